The maximum atomic E-state index is 11.8. The Labute approximate surface area is 121 Å². The molecule has 2 fully saturated rings. The molecule has 1 heterocycles. The summed E-state index contributed by atoms with van der Waals surface area (Å²) in [6, 6.07) is 4.65. The van der Waals surface area contributed by atoms with Crippen LogP contribution in [0.2, 0.25) is 0 Å². The minimum atomic E-state index is -0.105. The van der Waals surface area contributed by atoms with Crippen LogP contribution >= 0.6 is 0 Å². The largest absolute Gasteiger partial charge is 0.468 e. The first-order valence-electron chi connectivity index (χ1n) is 8.04. The van der Waals surface area contributed by atoms with E-state index in [9.17, 15) is 4.79 Å². The van der Waals surface area contributed by atoms with Crippen molar-refractivity contribution in [3.05, 3.63) is 24.2 Å². The Hall–Kier alpha value is -1.09. The van der Waals surface area contributed by atoms with Gasteiger partial charge in [-0.05, 0) is 37.8 Å². The van der Waals surface area contributed by atoms with Crippen LogP contribution in [-0.2, 0) is 11.3 Å². The molecule has 3 nitrogen and oxygen atoms in total. The lowest BCUT2D eigenvalue weighted by Crippen LogP contribution is -2.39. The van der Waals surface area contributed by atoms with E-state index in [1.165, 1.54) is 44.8 Å². The van der Waals surface area contributed by atoms with Crippen LogP contribution < -0.4 is 0 Å². The van der Waals surface area contributed by atoms with Gasteiger partial charge in [-0.1, -0.05) is 25.7 Å². The first kappa shape index (κ1) is 13.9. The Bertz CT molecular complexity index is 414. The molecular formula is C17H25NO2. The van der Waals surface area contributed by atoms with Gasteiger partial charge in [0, 0.05) is 18.0 Å². The van der Waals surface area contributed by atoms with Crippen molar-refractivity contribution in [2.24, 2.45) is 5.41 Å². The molecule has 0 radical (unpaired) electrons. The number of carbonyl (C=O) groups excluding carboxylic acids is 1. The summed E-state index contributed by atoms with van der Waals surface area (Å²) in [6.07, 6.45) is 12.7. The molecule has 3 rings (SSSR count). The fourth-order valence-electron chi connectivity index (χ4n) is 3.51. The number of carbonyl (C=O) groups is 1. The molecule has 110 valence electrons. The van der Waals surface area contributed by atoms with Crippen molar-refractivity contribution in [3.8, 4) is 0 Å². The topological polar surface area (TPSA) is 33.5 Å². The molecule has 3 heteroatoms. The number of nitrogens with zero attached hydrogens (tertiary/aromatic N) is 1. The monoisotopic (exact) mass is 275 g/mol. The Morgan fingerprint density at radius 2 is 2.00 bits per heavy atom. The second-order valence-electron chi connectivity index (χ2n) is 6.61. The van der Waals surface area contributed by atoms with Crippen molar-refractivity contribution in [2.45, 2.75) is 64.0 Å². The first-order valence-corrected chi connectivity index (χ1v) is 8.04. The van der Waals surface area contributed by atoms with Crippen LogP contribution in [0.1, 0.15) is 57.1 Å². The highest BCUT2D eigenvalue weighted by molar-refractivity contribution is 5.59. The van der Waals surface area contributed by atoms with E-state index < -0.39 is 0 Å². The summed E-state index contributed by atoms with van der Waals surface area (Å²) in [4.78, 5) is 14.3. The number of hydrogen-bond acceptors (Lipinski definition) is 3. The maximum Gasteiger partial charge on any atom is 0.127 e. The molecule has 2 aliphatic rings. The number of hydrogen-bond donors (Lipinski definition) is 0. The Balaban J connectivity index is 1.69. The third-order valence-electron chi connectivity index (χ3n) is 4.87. The molecule has 0 aliphatic heterocycles. The lowest BCUT2D eigenvalue weighted by molar-refractivity contribution is -0.118. The van der Waals surface area contributed by atoms with Crippen LogP contribution in [0.5, 0.6) is 0 Å². The predicted octanol–water partition coefficient (Wildman–Crippen LogP) is 3.78. The Kier molecular flexibility index (Phi) is 4.25. The van der Waals surface area contributed by atoms with E-state index >= 15 is 0 Å². The third-order valence-corrected chi connectivity index (χ3v) is 4.87. The highest BCUT2D eigenvalue weighted by atomic mass is 16.3. The normalized spacial score (nSPS) is 22.6. The van der Waals surface area contributed by atoms with Crippen molar-refractivity contribution in [1.82, 2.24) is 4.90 Å². The van der Waals surface area contributed by atoms with Crippen LogP contribution in [-0.4, -0.2) is 23.8 Å². The summed E-state index contributed by atoms with van der Waals surface area (Å²) < 4.78 is 5.49. The van der Waals surface area contributed by atoms with Crippen LogP contribution in [0.15, 0.2) is 22.8 Å². The fourth-order valence-corrected chi connectivity index (χ4v) is 3.51. The average molecular weight is 275 g/mol. The van der Waals surface area contributed by atoms with E-state index in [-0.39, 0.29) is 5.41 Å². The van der Waals surface area contributed by atoms with E-state index in [4.69, 9.17) is 4.42 Å². The molecule has 0 unspecified atom stereocenters. The highest BCUT2D eigenvalue weighted by Crippen LogP contribution is 2.38. The Morgan fingerprint density at radius 3 is 2.55 bits per heavy atom. The van der Waals surface area contributed by atoms with E-state index in [1.54, 1.807) is 6.26 Å². The van der Waals surface area contributed by atoms with Gasteiger partial charge >= 0.3 is 0 Å². The molecule has 0 bridgehead atoms. The van der Waals surface area contributed by atoms with Gasteiger partial charge in [0.05, 0.1) is 12.8 Å². The molecule has 0 saturated heterocycles. The molecule has 2 aliphatic carbocycles. The van der Waals surface area contributed by atoms with Gasteiger partial charge < -0.3 is 9.21 Å². The van der Waals surface area contributed by atoms with Gasteiger partial charge in [0.1, 0.15) is 12.0 Å². The molecule has 0 N–H and O–H groups in total. The standard InChI is InChI=1S/C17H25NO2/c19-14-17(9-3-1-2-4-10-17)13-18(15-7-8-15)12-16-6-5-11-20-16/h5-6,11,14-15H,1-4,7-10,12-13H2. The lowest BCUT2D eigenvalue weighted by atomic mass is 9.81. The van der Waals surface area contributed by atoms with Gasteiger partial charge in [-0.15, -0.1) is 0 Å². The smallest absolute Gasteiger partial charge is 0.127 e. The van der Waals surface area contributed by atoms with Gasteiger partial charge in [0.15, 0.2) is 0 Å². The zero-order valence-corrected chi connectivity index (χ0v) is 12.2. The third kappa shape index (κ3) is 3.32. The molecule has 20 heavy (non-hydrogen) atoms. The van der Waals surface area contributed by atoms with Crippen LogP contribution in [0.4, 0.5) is 0 Å². The molecular weight excluding hydrogens is 250 g/mol. The van der Waals surface area contributed by atoms with E-state index in [1.807, 2.05) is 12.1 Å². The predicted molar refractivity (Wildman–Crippen MR) is 78.3 cm³/mol. The van der Waals surface area contributed by atoms with Crippen LogP contribution in [0.25, 0.3) is 0 Å². The zero-order valence-electron chi connectivity index (χ0n) is 12.2. The van der Waals surface area contributed by atoms with Crippen molar-refractivity contribution in [1.29, 1.82) is 0 Å². The summed E-state index contributed by atoms with van der Waals surface area (Å²) in [6.45, 7) is 1.77. The molecule has 1 aromatic heterocycles. The quantitative estimate of drug-likeness (QED) is 0.585. The summed E-state index contributed by atoms with van der Waals surface area (Å²) in [5, 5.41) is 0. The van der Waals surface area contributed by atoms with Gasteiger partial charge in [-0.25, -0.2) is 0 Å². The second kappa shape index (κ2) is 6.13. The van der Waals surface area contributed by atoms with Gasteiger partial charge in [0.25, 0.3) is 0 Å². The zero-order chi connectivity index (χ0) is 13.8. The second-order valence-corrected chi connectivity index (χ2v) is 6.61. The summed E-state index contributed by atoms with van der Waals surface area (Å²) in [7, 11) is 0. The van der Waals surface area contributed by atoms with Crippen molar-refractivity contribution < 1.29 is 9.21 Å². The van der Waals surface area contributed by atoms with E-state index in [0.717, 1.165) is 31.7 Å². The molecule has 0 spiro atoms. The number of aldehydes is 1. The van der Waals surface area contributed by atoms with Gasteiger partial charge in [0.2, 0.25) is 0 Å². The fraction of sp³-hybridized carbons (Fsp3) is 0.706. The van der Waals surface area contributed by atoms with Gasteiger partial charge in [-0.2, -0.15) is 0 Å². The van der Waals surface area contributed by atoms with E-state index in [2.05, 4.69) is 4.90 Å². The Morgan fingerprint density at radius 1 is 1.25 bits per heavy atom. The summed E-state index contributed by atoms with van der Waals surface area (Å²) in [5.74, 6) is 1.02. The van der Waals surface area contributed by atoms with Gasteiger partial charge in [-0.3, -0.25) is 4.90 Å². The SMILES string of the molecule is O=CC1(CN(Cc2ccco2)C2CC2)CCCCCC1. The van der Waals surface area contributed by atoms with Crippen molar-refractivity contribution in [3.63, 3.8) is 0 Å². The first-order chi connectivity index (χ1) is 9.81. The lowest BCUT2D eigenvalue weighted by Gasteiger charge is -2.33. The molecule has 0 atom stereocenters. The maximum absolute atomic E-state index is 11.8. The molecule has 0 amide bonds. The van der Waals surface area contributed by atoms with Crippen molar-refractivity contribution >= 4 is 6.29 Å². The average Bonchev–Trinajstić information content (AvgIpc) is 3.23. The van der Waals surface area contributed by atoms with Crippen LogP contribution in [0.3, 0.4) is 0 Å². The summed E-state index contributed by atoms with van der Waals surface area (Å²) >= 11 is 0. The minimum Gasteiger partial charge on any atom is -0.468 e. The van der Waals surface area contributed by atoms with E-state index in [0.29, 0.717) is 6.04 Å². The van der Waals surface area contributed by atoms with Crippen molar-refractivity contribution in [2.75, 3.05) is 6.54 Å². The molecule has 2 saturated carbocycles. The number of furan rings is 1. The molecule has 0 aromatic carbocycles. The molecule has 1 aromatic rings. The number of rotatable bonds is 6. The summed E-state index contributed by atoms with van der Waals surface area (Å²) in [5.41, 5.74) is -0.105. The minimum absolute atomic E-state index is 0.105. The van der Waals surface area contributed by atoms with Crippen LogP contribution in [0, 0.1) is 5.41 Å². The highest BCUT2D eigenvalue weighted by Gasteiger charge is 2.38.